The first-order chi connectivity index (χ1) is 8.61. The van der Waals surface area contributed by atoms with Crippen molar-refractivity contribution < 1.29 is 41.1 Å². The normalized spacial score (nSPS) is 7.26. The van der Waals surface area contributed by atoms with Crippen LogP contribution in [0.15, 0.2) is 0 Å². The molecule has 19 heavy (non-hydrogen) atoms. The van der Waals surface area contributed by atoms with E-state index >= 15 is 0 Å². The van der Waals surface area contributed by atoms with Crippen LogP contribution in [-0.2, 0) is 0 Å². The van der Waals surface area contributed by atoms with Crippen molar-refractivity contribution in [2.45, 2.75) is 0 Å². The fourth-order valence-electron chi connectivity index (χ4n) is 0.283. The number of nitrogens with zero attached hydrogens (tertiary/aromatic N) is 3. The van der Waals surface area contributed by atoms with Crippen LogP contribution in [0, 0.1) is 30.3 Å². The minimum Gasteiger partial charge on any atom is -0.395 e. The second-order valence-electron chi connectivity index (χ2n) is 1.91. The summed E-state index contributed by atoms with van der Waals surface area (Å²) in [6.45, 7) is 1.42. The second kappa shape index (κ2) is 24.6. The number of aliphatic hydroxyl groups excluding tert-OH is 2. The molecule has 0 aliphatic carbocycles. The highest BCUT2D eigenvalue weighted by Gasteiger charge is 1.78. The first kappa shape index (κ1) is 25.4. The molecule has 0 aromatic rings. The monoisotopic (exact) mass is 294 g/mol. The highest BCUT2D eigenvalue weighted by atomic mass is 16.9. The molecule has 0 amide bonds. The predicted molar refractivity (Wildman–Crippen MR) is 53.4 cm³/mol. The van der Waals surface area contributed by atoms with Gasteiger partial charge >= 0.3 is 0 Å². The standard InChI is InChI=1S/C4H11NO2.3HNO3/c6-3-1-5-2-4-7;3*2-1(3)4/h5-7H,1-4H2;3*(H,2,3,4). The summed E-state index contributed by atoms with van der Waals surface area (Å²) in [5.74, 6) is 0. The van der Waals surface area contributed by atoms with Crippen molar-refractivity contribution in [1.29, 1.82) is 0 Å². The van der Waals surface area contributed by atoms with Gasteiger partial charge in [0.1, 0.15) is 0 Å². The highest BCUT2D eigenvalue weighted by Crippen LogP contribution is 1.54. The summed E-state index contributed by atoms with van der Waals surface area (Å²) in [6.07, 6.45) is 0. The molecule has 0 bridgehead atoms. The van der Waals surface area contributed by atoms with E-state index in [0.717, 1.165) is 0 Å². The Bertz CT molecular complexity index is 178. The zero-order valence-electron chi connectivity index (χ0n) is 9.36. The van der Waals surface area contributed by atoms with E-state index in [1.165, 1.54) is 0 Å². The molecular weight excluding hydrogens is 280 g/mol. The molecule has 0 saturated carbocycles. The average Bonchev–Trinajstić information content (AvgIpc) is 2.15. The van der Waals surface area contributed by atoms with Gasteiger partial charge in [0.15, 0.2) is 0 Å². The van der Waals surface area contributed by atoms with Gasteiger partial charge in [-0.3, -0.25) is 0 Å². The summed E-state index contributed by atoms with van der Waals surface area (Å²) in [5, 5.41) is 60.0. The topological polar surface area (TPSA) is 243 Å². The Morgan fingerprint density at radius 1 is 0.737 bits per heavy atom. The molecule has 0 aromatic carbocycles. The van der Waals surface area contributed by atoms with E-state index in [4.69, 9.17) is 56.2 Å². The molecule has 0 aliphatic heterocycles. The van der Waals surface area contributed by atoms with Gasteiger partial charge in [0.2, 0.25) is 0 Å². The lowest BCUT2D eigenvalue weighted by Gasteiger charge is -1.94. The number of hydrogen-bond acceptors (Lipinski definition) is 9. The van der Waals surface area contributed by atoms with Crippen molar-refractivity contribution in [3.05, 3.63) is 30.3 Å². The van der Waals surface area contributed by atoms with E-state index in [2.05, 4.69) is 5.32 Å². The third-order valence-electron chi connectivity index (χ3n) is 0.577. The molecule has 0 rings (SSSR count). The third-order valence-corrected chi connectivity index (χ3v) is 0.577. The largest absolute Gasteiger partial charge is 0.395 e. The maximum atomic E-state index is 8.36. The van der Waals surface area contributed by atoms with Gasteiger partial charge < -0.3 is 31.2 Å². The Labute approximate surface area is 104 Å². The van der Waals surface area contributed by atoms with Crippen molar-refractivity contribution in [3.8, 4) is 0 Å². The van der Waals surface area contributed by atoms with Crippen molar-refractivity contribution in [3.63, 3.8) is 0 Å². The highest BCUT2D eigenvalue weighted by molar-refractivity contribution is 4.39. The van der Waals surface area contributed by atoms with E-state index in [9.17, 15) is 0 Å². The summed E-state index contributed by atoms with van der Waals surface area (Å²) in [4.78, 5) is 25.1. The van der Waals surface area contributed by atoms with Crippen LogP contribution in [-0.4, -0.2) is 67.4 Å². The molecule has 0 spiro atoms. The second-order valence-corrected chi connectivity index (χ2v) is 1.91. The molecule has 0 fully saturated rings. The molecule has 0 heterocycles. The molecule has 116 valence electrons. The summed E-state index contributed by atoms with van der Waals surface area (Å²) in [7, 11) is 0. The van der Waals surface area contributed by atoms with Gasteiger partial charge in [-0.25, -0.2) is 0 Å². The van der Waals surface area contributed by atoms with E-state index < -0.39 is 15.3 Å². The number of hydrogen-bond donors (Lipinski definition) is 6. The molecule has 15 nitrogen and oxygen atoms in total. The lowest BCUT2D eigenvalue weighted by atomic mass is 10.6. The van der Waals surface area contributed by atoms with Crippen molar-refractivity contribution in [2.24, 2.45) is 0 Å². The van der Waals surface area contributed by atoms with Gasteiger partial charge in [-0.15, -0.1) is 30.3 Å². The van der Waals surface area contributed by atoms with Crippen LogP contribution in [0.5, 0.6) is 0 Å². The first-order valence-electron chi connectivity index (χ1n) is 4.04. The molecular formula is C4H14N4O11. The van der Waals surface area contributed by atoms with Crippen LogP contribution in [0.4, 0.5) is 0 Å². The van der Waals surface area contributed by atoms with E-state index in [-0.39, 0.29) is 13.2 Å². The maximum Gasteiger partial charge on any atom is 0.291 e. The Morgan fingerprint density at radius 2 is 0.895 bits per heavy atom. The predicted octanol–water partition coefficient (Wildman–Crippen LogP) is -2.48. The maximum absolute atomic E-state index is 8.36. The Balaban J connectivity index is -0.0000000825. The van der Waals surface area contributed by atoms with Crippen LogP contribution in [0.3, 0.4) is 0 Å². The van der Waals surface area contributed by atoms with E-state index in [0.29, 0.717) is 13.1 Å². The summed E-state index contributed by atoms with van der Waals surface area (Å²) < 4.78 is 0. The molecule has 15 heteroatoms. The SMILES string of the molecule is O=[N+]([O-])O.O=[N+]([O-])O.O=[N+]([O-])O.OCCNCCO. The van der Waals surface area contributed by atoms with Gasteiger partial charge in [0, 0.05) is 13.1 Å². The third kappa shape index (κ3) is 1280. The summed E-state index contributed by atoms with van der Waals surface area (Å²) in [5.41, 5.74) is 0. The van der Waals surface area contributed by atoms with Crippen molar-refractivity contribution in [2.75, 3.05) is 26.3 Å². The lowest BCUT2D eigenvalue weighted by Crippen LogP contribution is -2.21. The molecule has 0 aliphatic rings. The fourth-order valence-corrected chi connectivity index (χ4v) is 0.283. The van der Waals surface area contributed by atoms with Gasteiger partial charge in [-0.2, -0.15) is 0 Å². The van der Waals surface area contributed by atoms with E-state index in [1.807, 2.05) is 0 Å². The van der Waals surface area contributed by atoms with Crippen molar-refractivity contribution >= 4 is 0 Å². The van der Waals surface area contributed by atoms with Gasteiger partial charge in [-0.1, -0.05) is 0 Å². The van der Waals surface area contributed by atoms with Gasteiger partial charge in [0.05, 0.1) is 13.2 Å². The number of aliphatic hydroxyl groups is 2. The zero-order chi connectivity index (χ0) is 16.3. The van der Waals surface area contributed by atoms with Crippen LogP contribution < -0.4 is 5.32 Å². The Morgan fingerprint density at radius 3 is 1.00 bits per heavy atom. The number of nitrogens with one attached hydrogen (secondary N) is 1. The summed E-state index contributed by atoms with van der Waals surface area (Å²) >= 11 is 0. The zero-order valence-corrected chi connectivity index (χ0v) is 9.36. The van der Waals surface area contributed by atoms with Crippen LogP contribution in [0.2, 0.25) is 0 Å². The van der Waals surface area contributed by atoms with E-state index in [1.54, 1.807) is 0 Å². The minimum atomic E-state index is -1.50. The Hall–Kier alpha value is -2.52. The molecule has 0 aromatic heterocycles. The van der Waals surface area contributed by atoms with Crippen LogP contribution in [0.1, 0.15) is 0 Å². The molecule has 0 atom stereocenters. The van der Waals surface area contributed by atoms with Gasteiger partial charge in [-0.05, 0) is 0 Å². The molecule has 6 N–H and O–H groups in total. The lowest BCUT2D eigenvalue weighted by molar-refractivity contribution is -0.742. The average molecular weight is 294 g/mol. The molecule has 0 unspecified atom stereocenters. The van der Waals surface area contributed by atoms with Crippen LogP contribution >= 0.6 is 0 Å². The quantitative estimate of drug-likeness (QED) is 0.179. The molecule has 0 radical (unpaired) electrons. The summed E-state index contributed by atoms with van der Waals surface area (Å²) in [6, 6.07) is 0. The van der Waals surface area contributed by atoms with Crippen molar-refractivity contribution in [1.82, 2.24) is 5.32 Å². The number of rotatable bonds is 4. The Kier molecular flexibility index (Phi) is 32.9. The smallest absolute Gasteiger partial charge is 0.291 e. The fraction of sp³-hybridized carbons (Fsp3) is 1.00. The van der Waals surface area contributed by atoms with Gasteiger partial charge in [0.25, 0.3) is 15.3 Å². The van der Waals surface area contributed by atoms with Crippen LogP contribution in [0.25, 0.3) is 0 Å². The minimum absolute atomic E-state index is 0.139. The molecule has 0 saturated heterocycles. The first-order valence-corrected chi connectivity index (χ1v) is 4.04.